The summed E-state index contributed by atoms with van der Waals surface area (Å²) in [5.74, 6) is 0. The Labute approximate surface area is 93.2 Å². The summed E-state index contributed by atoms with van der Waals surface area (Å²) < 4.78 is 0. The van der Waals surface area contributed by atoms with Crippen molar-refractivity contribution in [2.45, 2.75) is 26.2 Å². The lowest BCUT2D eigenvalue weighted by Gasteiger charge is -2.14. The highest BCUT2D eigenvalue weighted by atomic mass is 32.1. The number of nitrogens with two attached hydrogens (primary N) is 1. The summed E-state index contributed by atoms with van der Waals surface area (Å²) in [6.07, 6.45) is 1.59. The van der Waals surface area contributed by atoms with Crippen molar-refractivity contribution in [2.75, 3.05) is 0 Å². The van der Waals surface area contributed by atoms with Crippen LogP contribution in [-0.4, -0.2) is 12.2 Å². The Morgan fingerprint density at radius 2 is 2.20 bits per heavy atom. The zero-order valence-corrected chi connectivity index (χ0v) is 9.89. The van der Waals surface area contributed by atoms with Crippen LogP contribution in [0.2, 0.25) is 0 Å². The minimum atomic E-state index is -0.654. The van der Waals surface area contributed by atoms with E-state index in [0.717, 1.165) is 4.88 Å². The molecular weight excluding hydrogens is 210 g/mol. The Kier molecular flexibility index (Phi) is 3.47. The van der Waals surface area contributed by atoms with Gasteiger partial charge in [-0.15, -0.1) is 11.3 Å². The quantitative estimate of drug-likeness (QED) is 0.587. The summed E-state index contributed by atoms with van der Waals surface area (Å²) in [5.41, 5.74) is 7.17. The largest absolute Gasteiger partial charge is 0.350 e. The van der Waals surface area contributed by atoms with E-state index in [1.807, 2.05) is 6.07 Å². The molecule has 3 N–H and O–H groups in total. The molecule has 1 aromatic rings. The predicted molar refractivity (Wildman–Crippen MR) is 63.3 cm³/mol. The highest BCUT2D eigenvalue weighted by molar-refractivity contribution is 7.13. The zero-order chi connectivity index (χ0) is 11.5. The Morgan fingerprint density at radius 1 is 1.53 bits per heavy atom. The average molecular weight is 225 g/mol. The van der Waals surface area contributed by atoms with Gasteiger partial charge in [0.25, 0.3) is 0 Å². The van der Waals surface area contributed by atoms with Crippen molar-refractivity contribution < 1.29 is 4.79 Å². The second kappa shape index (κ2) is 4.44. The normalized spacial score (nSPS) is 11.9. The average Bonchev–Trinajstić information content (AvgIpc) is 2.51. The van der Waals surface area contributed by atoms with Crippen LogP contribution in [-0.2, 0) is 5.41 Å². The van der Waals surface area contributed by atoms with Crippen molar-refractivity contribution >= 4 is 23.6 Å². The molecule has 0 aromatic carbocycles. The number of carbonyl (C=O) groups excluding carboxylic acids is 1. The first-order chi connectivity index (χ1) is 6.89. The maximum absolute atomic E-state index is 10.4. The van der Waals surface area contributed by atoms with Gasteiger partial charge in [-0.25, -0.2) is 10.2 Å². The number of nitrogens with zero attached hydrogens (tertiary/aromatic N) is 1. The van der Waals surface area contributed by atoms with Gasteiger partial charge < -0.3 is 5.73 Å². The SMILES string of the molecule is CC(C)(C)c1ccc(/C=N/NC(N)=O)s1. The van der Waals surface area contributed by atoms with Crippen LogP contribution >= 0.6 is 11.3 Å². The lowest BCUT2D eigenvalue weighted by atomic mass is 9.95. The van der Waals surface area contributed by atoms with Gasteiger partial charge in [-0.2, -0.15) is 5.10 Å². The fraction of sp³-hybridized carbons (Fsp3) is 0.400. The van der Waals surface area contributed by atoms with E-state index in [0.29, 0.717) is 0 Å². The first-order valence-electron chi connectivity index (χ1n) is 4.58. The molecule has 1 heterocycles. The van der Waals surface area contributed by atoms with Gasteiger partial charge in [0.1, 0.15) is 0 Å². The van der Waals surface area contributed by atoms with E-state index in [1.165, 1.54) is 4.88 Å². The Hall–Kier alpha value is -1.36. The highest BCUT2D eigenvalue weighted by Crippen LogP contribution is 2.28. The minimum absolute atomic E-state index is 0.147. The summed E-state index contributed by atoms with van der Waals surface area (Å²) in [5, 5.41) is 3.70. The third-order valence-corrected chi connectivity index (χ3v) is 3.18. The minimum Gasteiger partial charge on any atom is -0.350 e. The van der Waals surface area contributed by atoms with Gasteiger partial charge in [-0.3, -0.25) is 0 Å². The third-order valence-electron chi connectivity index (χ3n) is 1.73. The molecule has 5 heteroatoms. The Bertz CT molecular complexity index is 376. The molecule has 0 saturated heterocycles. The molecule has 82 valence electrons. The van der Waals surface area contributed by atoms with Gasteiger partial charge in [-0.05, 0) is 17.5 Å². The van der Waals surface area contributed by atoms with Crippen LogP contribution in [0.3, 0.4) is 0 Å². The van der Waals surface area contributed by atoms with Crippen molar-refractivity contribution in [3.63, 3.8) is 0 Å². The van der Waals surface area contributed by atoms with E-state index in [4.69, 9.17) is 5.73 Å². The van der Waals surface area contributed by atoms with Gasteiger partial charge in [0.2, 0.25) is 0 Å². The molecule has 0 radical (unpaired) electrons. The smallest absolute Gasteiger partial charge is 0.332 e. The Balaban J connectivity index is 2.69. The fourth-order valence-corrected chi connectivity index (χ4v) is 1.92. The fourth-order valence-electron chi connectivity index (χ4n) is 0.985. The molecule has 0 atom stereocenters. The Morgan fingerprint density at radius 3 is 2.67 bits per heavy atom. The lowest BCUT2D eigenvalue weighted by molar-refractivity contribution is 0.249. The summed E-state index contributed by atoms with van der Waals surface area (Å²) in [4.78, 5) is 12.6. The monoisotopic (exact) mass is 225 g/mol. The van der Waals surface area contributed by atoms with Gasteiger partial charge in [0, 0.05) is 9.75 Å². The number of hydrogen-bond donors (Lipinski definition) is 2. The van der Waals surface area contributed by atoms with E-state index in [1.54, 1.807) is 17.6 Å². The summed E-state index contributed by atoms with van der Waals surface area (Å²) in [6.45, 7) is 6.46. The summed E-state index contributed by atoms with van der Waals surface area (Å²) in [6, 6.07) is 3.38. The van der Waals surface area contributed by atoms with Crippen LogP contribution in [0.15, 0.2) is 17.2 Å². The number of carbonyl (C=O) groups is 1. The molecular formula is C10H15N3OS. The van der Waals surface area contributed by atoms with Crippen LogP contribution in [0.25, 0.3) is 0 Å². The van der Waals surface area contributed by atoms with Crippen LogP contribution in [0, 0.1) is 0 Å². The van der Waals surface area contributed by atoms with E-state index >= 15 is 0 Å². The molecule has 2 amide bonds. The van der Waals surface area contributed by atoms with Gasteiger partial charge in [0.05, 0.1) is 6.21 Å². The van der Waals surface area contributed by atoms with Crippen LogP contribution < -0.4 is 11.2 Å². The molecule has 0 unspecified atom stereocenters. The topological polar surface area (TPSA) is 67.5 Å². The molecule has 0 aliphatic rings. The van der Waals surface area contributed by atoms with Crippen molar-refractivity contribution in [3.05, 3.63) is 21.9 Å². The summed E-state index contributed by atoms with van der Waals surface area (Å²) in [7, 11) is 0. The second-order valence-corrected chi connectivity index (χ2v) is 5.30. The van der Waals surface area contributed by atoms with Crippen molar-refractivity contribution in [2.24, 2.45) is 10.8 Å². The van der Waals surface area contributed by atoms with Gasteiger partial charge in [-0.1, -0.05) is 20.8 Å². The molecule has 0 bridgehead atoms. The molecule has 1 rings (SSSR count). The molecule has 0 aliphatic heterocycles. The maximum atomic E-state index is 10.4. The number of hydrogen-bond acceptors (Lipinski definition) is 3. The highest BCUT2D eigenvalue weighted by Gasteiger charge is 2.15. The zero-order valence-electron chi connectivity index (χ0n) is 9.07. The molecule has 15 heavy (non-hydrogen) atoms. The predicted octanol–water partition coefficient (Wildman–Crippen LogP) is 2.05. The lowest BCUT2D eigenvalue weighted by Crippen LogP contribution is -2.24. The third kappa shape index (κ3) is 3.71. The maximum Gasteiger partial charge on any atom is 0.332 e. The van der Waals surface area contributed by atoms with E-state index in [9.17, 15) is 4.79 Å². The van der Waals surface area contributed by atoms with E-state index in [-0.39, 0.29) is 5.41 Å². The number of nitrogens with one attached hydrogen (secondary N) is 1. The molecule has 0 saturated carbocycles. The number of rotatable bonds is 2. The molecule has 4 nitrogen and oxygen atoms in total. The van der Waals surface area contributed by atoms with Crippen molar-refractivity contribution in [3.8, 4) is 0 Å². The van der Waals surface area contributed by atoms with E-state index in [2.05, 4.69) is 37.4 Å². The van der Waals surface area contributed by atoms with Crippen molar-refractivity contribution in [1.82, 2.24) is 5.43 Å². The van der Waals surface area contributed by atoms with Crippen LogP contribution in [0.1, 0.15) is 30.5 Å². The number of primary amides is 1. The molecule has 1 aromatic heterocycles. The van der Waals surface area contributed by atoms with Crippen LogP contribution in [0.5, 0.6) is 0 Å². The molecule has 0 spiro atoms. The van der Waals surface area contributed by atoms with Crippen molar-refractivity contribution in [1.29, 1.82) is 0 Å². The van der Waals surface area contributed by atoms with Gasteiger partial charge >= 0.3 is 6.03 Å². The first-order valence-corrected chi connectivity index (χ1v) is 5.40. The summed E-state index contributed by atoms with van der Waals surface area (Å²) >= 11 is 1.65. The number of hydrazone groups is 1. The first kappa shape index (κ1) is 11.7. The van der Waals surface area contributed by atoms with Crippen LogP contribution in [0.4, 0.5) is 4.79 Å². The number of thiophene rings is 1. The van der Waals surface area contributed by atoms with Gasteiger partial charge in [0.15, 0.2) is 0 Å². The molecule has 0 aliphatic carbocycles. The van der Waals surface area contributed by atoms with E-state index < -0.39 is 6.03 Å². The standard InChI is InChI=1S/C10H15N3OS/c1-10(2,3)8-5-4-7(15-8)6-12-13-9(11)14/h4-6H,1-3H3,(H3,11,13,14)/b12-6+. The second-order valence-electron chi connectivity index (χ2n) is 4.19. The molecule has 0 fully saturated rings. The number of amides is 2. The number of urea groups is 1.